The van der Waals surface area contributed by atoms with Crippen molar-refractivity contribution in [2.24, 2.45) is 0 Å². The molecule has 1 aromatic carbocycles. The third-order valence-electron chi connectivity index (χ3n) is 4.79. The fourth-order valence-corrected chi connectivity index (χ4v) is 3.81. The molecule has 4 heteroatoms. The van der Waals surface area contributed by atoms with E-state index in [2.05, 4.69) is 10.2 Å². The number of para-hydroxylation sites is 1. The minimum absolute atomic E-state index is 0.131. The minimum atomic E-state index is 0.131. The molecule has 2 aliphatic rings. The summed E-state index contributed by atoms with van der Waals surface area (Å²) >= 11 is 0. The van der Waals surface area contributed by atoms with Crippen molar-refractivity contribution >= 4 is 16.9 Å². The number of carbonyl (C=O) groups excluding carboxylic acids is 1. The standard InChI is InChI=1S/C17H20N2O2/c1-11-9-12-3-2-4-15(16(12)21-11)17(20)19-13-5-6-14(19)10-18-8-7-13/h2-4,9,13-14,18H,5-8,10H2,1H3/t13-,14+/m0/s1. The number of amides is 1. The molecular weight excluding hydrogens is 264 g/mol. The second kappa shape index (κ2) is 4.88. The maximum atomic E-state index is 13.1. The molecule has 0 spiro atoms. The van der Waals surface area contributed by atoms with Crippen molar-refractivity contribution in [2.75, 3.05) is 13.1 Å². The molecule has 21 heavy (non-hydrogen) atoms. The van der Waals surface area contributed by atoms with E-state index in [-0.39, 0.29) is 5.91 Å². The van der Waals surface area contributed by atoms with E-state index in [1.807, 2.05) is 31.2 Å². The number of furan rings is 1. The number of fused-ring (bicyclic) bond motifs is 3. The first-order chi connectivity index (χ1) is 10.2. The predicted molar refractivity (Wildman–Crippen MR) is 81.4 cm³/mol. The van der Waals surface area contributed by atoms with Crippen LogP contribution in [0.15, 0.2) is 28.7 Å². The van der Waals surface area contributed by atoms with Crippen molar-refractivity contribution in [3.63, 3.8) is 0 Å². The van der Waals surface area contributed by atoms with E-state index in [0.717, 1.165) is 49.1 Å². The average molecular weight is 284 g/mol. The van der Waals surface area contributed by atoms with E-state index in [1.54, 1.807) is 0 Å². The van der Waals surface area contributed by atoms with Crippen LogP contribution in [-0.2, 0) is 0 Å². The van der Waals surface area contributed by atoms with Crippen molar-refractivity contribution in [3.8, 4) is 0 Å². The summed E-state index contributed by atoms with van der Waals surface area (Å²) in [5, 5.41) is 4.45. The summed E-state index contributed by atoms with van der Waals surface area (Å²) in [6.07, 6.45) is 3.29. The Balaban J connectivity index is 1.76. The second-order valence-electron chi connectivity index (χ2n) is 6.17. The van der Waals surface area contributed by atoms with Gasteiger partial charge in [-0.3, -0.25) is 4.79 Å². The Morgan fingerprint density at radius 1 is 1.29 bits per heavy atom. The summed E-state index contributed by atoms with van der Waals surface area (Å²) in [5.74, 6) is 0.983. The highest BCUT2D eigenvalue weighted by Gasteiger charge is 2.39. The van der Waals surface area contributed by atoms with Crippen LogP contribution >= 0.6 is 0 Å². The predicted octanol–water partition coefficient (Wildman–Crippen LogP) is 2.71. The summed E-state index contributed by atoms with van der Waals surface area (Å²) in [5.41, 5.74) is 1.44. The Bertz CT molecular complexity index is 677. The lowest BCUT2D eigenvalue weighted by Crippen LogP contribution is -2.42. The lowest BCUT2D eigenvalue weighted by atomic mass is 10.1. The first kappa shape index (κ1) is 12.9. The molecule has 0 radical (unpaired) electrons. The number of nitrogens with one attached hydrogen (secondary N) is 1. The zero-order valence-corrected chi connectivity index (χ0v) is 12.3. The molecule has 110 valence electrons. The van der Waals surface area contributed by atoms with Gasteiger partial charge in [-0.15, -0.1) is 0 Å². The molecule has 2 bridgehead atoms. The van der Waals surface area contributed by atoms with Crippen molar-refractivity contribution < 1.29 is 9.21 Å². The molecule has 4 nitrogen and oxygen atoms in total. The lowest BCUT2D eigenvalue weighted by Gasteiger charge is -2.28. The molecule has 1 N–H and O–H groups in total. The van der Waals surface area contributed by atoms with Crippen LogP contribution in [0.1, 0.15) is 35.4 Å². The van der Waals surface area contributed by atoms with E-state index in [9.17, 15) is 4.79 Å². The summed E-state index contributed by atoms with van der Waals surface area (Å²) in [7, 11) is 0. The third kappa shape index (κ3) is 2.05. The maximum absolute atomic E-state index is 13.1. The van der Waals surface area contributed by atoms with Gasteiger partial charge in [0.05, 0.1) is 5.56 Å². The highest BCUT2D eigenvalue weighted by atomic mass is 16.3. The van der Waals surface area contributed by atoms with Gasteiger partial charge in [0.15, 0.2) is 0 Å². The summed E-state index contributed by atoms with van der Waals surface area (Å²) < 4.78 is 5.77. The molecule has 1 aromatic heterocycles. The fraction of sp³-hybridized carbons (Fsp3) is 0.471. The quantitative estimate of drug-likeness (QED) is 0.875. The van der Waals surface area contributed by atoms with Gasteiger partial charge >= 0.3 is 0 Å². The zero-order chi connectivity index (χ0) is 14.4. The van der Waals surface area contributed by atoms with Crippen LogP contribution in [0.5, 0.6) is 0 Å². The lowest BCUT2D eigenvalue weighted by molar-refractivity contribution is 0.0681. The van der Waals surface area contributed by atoms with Gasteiger partial charge < -0.3 is 14.6 Å². The molecule has 4 rings (SSSR count). The Kier molecular flexibility index (Phi) is 3.00. The number of aryl methyl sites for hydroxylation is 1. The maximum Gasteiger partial charge on any atom is 0.258 e. The minimum Gasteiger partial charge on any atom is -0.461 e. The number of rotatable bonds is 1. The van der Waals surface area contributed by atoms with Crippen molar-refractivity contribution in [2.45, 2.75) is 38.3 Å². The van der Waals surface area contributed by atoms with Crippen molar-refractivity contribution in [1.29, 1.82) is 0 Å². The van der Waals surface area contributed by atoms with Gasteiger partial charge in [0.1, 0.15) is 11.3 Å². The Labute approximate surface area is 124 Å². The van der Waals surface area contributed by atoms with Gasteiger partial charge in [-0.1, -0.05) is 12.1 Å². The van der Waals surface area contributed by atoms with E-state index in [4.69, 9.17) is 4.42 Å². The summed E-state index contributed by atoms with van der Waals surface area (Å²) in [4.78, 5) is 15.2. The molecule has 2 saturated heterocycles. The van der Waals surface area contributed by atoms with E-state index < -0.39 is 0 Å². The first-order valence-electron chi connectivity index (χ1n) is 7.76. The van der Waals surface area contributed by atoms with Gasteiger partial charge in [0.2, 0.25) is 0 Å². The van der Waals surface area contributed by atoms with Gasteiger partial charge in [0, 0.05) is 24.0 Å². The third-order valence-corrected chi connectivity index (χ3v) is 4.79. The Morgan fingerprint density at radius 2 is 2.14 bits per heavy atom. The average Bonchev–Trinajstić information content (AvgIpc) is 2.95. The number of carbonyl (C=O) groups is 1. The van der Waals surface area contributed by atoms with Crippen LogP contribution in [-0.4, -0.2) is 36.0 Å². The van der Waals surface area contributed by atoms with Crippen LogP contribution < -0.4 is 5.32 Å². The largest absolute Gasteiger partial charge is 0.461 e. The molecular formula is C17H20N2O2. The monoisotopic (exact) mass is 284 g/mol. The number of nitrogens with zero attached hydrogens (tertiary/aromatic N) is 1. The second-order valence-corrected chi connectivity index (χ2v) is 6.17. The molecule has 0 unspecified atom stereocenters. The Morgan fingerprint density at radius 3 is 3.05 bits per heavy atom. The van der Waals surface area contributed by atoms with Gasteiger partial charge in [-0.2, -0.15) is 0 Å². The van der Waals surface area contributed by atoms with Crippen LogP contribution in [0.2, 0.25) is 0 Å². The van der Waals surface area contributed by atoms with Gasteiger partial charge in [-0.05, 0) is 44.9 Å². The molecule has 3 heterocycles. The van der Waals surface area contributed by atoms with Crippen molar-refractivity contribution in [1.82, 2.24) is 10.2 Å². The molecule has 2 fully saturated rings. The molecule has 2 atom stereocenters. The first-order valence-corrected chi connectivity index (χ1v) is 7.76. The van der Waals surface area contributed by atoms with Crippen molar-refractivity contribution in [3.05, 3.63) is 35.6 Å². The van der Waals surface area contributed by atoms with E-state index in [1.165, 1.54) is 0 Å². The van der Waals surface area contributed by atoms with Gasteiger partial charge in [0.25, 0.3) is 5.91 Å². The highest BCUT2D eigenvalue weighted by molar-refractivity contribution is 6.05. The normalized spacial score (nSPS) is 25.3. The molecule has 0 aliphatic carbocycles. The van der Waals surface area contributed by atoms with Crippen LogP contribution in [0.25, 0.3) is 11.0 Å². The number of benzene rings is 1. The summed E-state index contributed by atoms with van der Waals surface area (Å²) in [6, 6.07) is 8.54. The fourth-order valence-electron chi connectivity index (χ4n) is 3.81. The topological polar surface area (TPSA) is 45.5 Å². The zero-order valence-electron chi connectivity index (χ0n) is 12.3. The smallest absolute Gasteiger partial charge is 0.258 e. The number of hydrogen-bond donors (Lipinski definition) is 1. The van der Waals surface area contributed by atoms with E-state index in [0.29, 0.717) is 17.6 Å². The van der Waals surface area contributed by atoms with Crippen LogP contribution in [0.4, 0.5) is 0 Å². The van der Waals surface area contributed by atoms with Crippen LogP contribution in [0, 0.1) is 6.92 Å². The molecule has 1 amide bonds. The summed E-state index contributed by atoms with van der Waals surface area (Å²) in [6.45, 7) is 3.85. The molecule has 2 aromatic rings. The van der Waals surface area contributed by atoms with E-state index >= 15 is 0 Å². The van der Waals surface area contributed by atoms with Gasteiger partial charge in [-0.25, -0.2) is 0 Å². The van der Waals surface area contributed by atoms with Crippen LogP contribution in [0.3, 0.4) is 0 Å². The highest BCUT2D eigenvalue weighted by Crippen LogP contribution is 2.32. The SMILES string of the molecule is Cc1cc2cccc(C(=O)N3[C@@H]4CCNC[C@H]3CC4)c2o1. The Hall–Kier alpha value is -1.81. The molecule has 0 saturated carbocycles. The number of hydrogen-bond acceptors (Lipinski definition) is 3. The molecule has 2 aliphatic heterocycles.